The molecule has 0 aliphatic rings. The Hall–Kier alpha value is -1.72. The van der Waals surface area contributed by atoms with Crippen LogP contribution in [0.1, 0.15) is 36.4 Å². The molecule has 0 bridgehead atoms. The summed E-state index contributed by atoms with van der Waals surface area (Å²) < 4.78 is 0. The number of carbonyl (C=O) groups is 1. The maximum Gasteiger partial charge on any atom is 0.234 e. The van der Waals surface area contributed by atoms with Crippen LogP contribution in [0.2, 0.25) is 0 Å². The molecular weight excluding hydrogens is 294 g/mol. The van der Waals surface area contributed by atoms with Crippen LogP contribution in [0.4, 0.5) is 0 Å². The molecule has 22 heavy (non-hydrogen) atoms. The molecule has 1 aromatic carbocycles. The Balaban J connectivity index is 1.84. The minimum absolute atomic E-state index is 0.00210. The molecule has 0 unspecified atom stereocenters. The summed E-state index contributed by atoms with van der Waals surface area (Å²) in [4.78, 5) is 16.4. The van der Waals surface area contributed by atoms with Crippen LogP contribution in [-0.2, 0) is 16.9 Å². The second kappa shape index (κ2) is 7.51. The lowest BCUT2D eigenvalue weighted by Crippen LogP contribution is -2.44. The van der Waals surface area contributed by atoms with Gasteiger partial charge in [-0.2, -0.15) is 0 Å². The van der Waals surface area contributed by atoms with Gasteiger partial charge in [0, 0.05) is 18.1 Å². The zero-order chi connectivity index (χ0) is 16.0. The molecule has 0 aliphatic carbocycles. The third-order valence-corrected chi connectivity index (χ3v) is 4.86. The van der Waals surface area contributed by atoms with Crippen LogP contribution in [0.15, 0.2) is 35.8 Å². The standard InChI is InChI=1S/C17H23N3OS/c1-4-17(3,16-18-8-9-22-16)20-12-15(21)19-11-14-7-5-6-13(2)10-14/h5-10,20H,4,11-12H2,1-3H3,(H,19,21)/t17-/m0/s1. The average Bonchev–Trinajstić information content (AvgIpc) is 3.06. The molecule has 1 aromatic heterocycles. The highest BCUT2D eigenvalue weighted by Crippen LogP contribution is 2.25. The molecule has 2 N–H and O–H groups in total. The Morgan fingerprint density at radius 3 is 2.86 bits per heavy atom. The molecule has 0 fully saturated rings. The van der Waals surface area contributed by atoms with Crippen molar-refractivity contribution in [3.63, 3.8) is 0 Å². The number of hydrogen-bond acceptors (Lipinski definition) is 4. The number of benzene rings is 1. The average molecular weight is 317 g/mol. The zero-order valence-electron chi connectivity index (χ0n) is 13.3. The maximum atomic E-state index is 12.0. The smallest absolute Gasteiger partial charge is 0.234 e. The highest BCUT2D eigenvalue weighted by atomic mass is 32.1. The molecule has 1 amide bonds. The van der Waals surface area contributed by atoms with Crippen LogP contribution >= 0.6 is 11.3 Å². The lowest BCUT2D eigenvalue weighted by molar-refractivity contribution is -0.120. The van der Waals surface area contributed by atoms with Gasteiger partial charge in [-0.05, 0) is 25.8 Å². The van der Waals surface area contributed by atoms with Crippen molar-refractivity contribution in [1.82, 2.24) is 15.6 Å². The zero-order valence-corrected chi connectivity index (χ0v) is 14.2. The molecular formula is C17H23N3OS. The molecule has 2 aromatic rings. The number of nitrogens with zero attached hydrogens (tertiary/aromatic N) is 1. The number of rotatable bonds is 7. The first-order valence-corrected chi connectivity index (χ1v) is 8.38. The summed E-state index contributed by atoms with van der Waals surface area (Å²) in [5.41, 5.74) is 2.06. The summed E-state index contributed by atoms with van der Waals surface area (Å²) in [6.07, 6.45) is 2.68. The fourth-order valence-corrected chi connectivity index (χ4v) is 3.06. The van der Waals surface area contributed by atoms with Crippen LogP contribution in [0.5, 0.6) is 0 Å². The van der Waals surface area contributed by atoms with Gasteiger partial charge >= 0.3 is 0 Å². The molecule has 118 valence electrons. The van der Waals surface area contributed by atoms with E-state index in [1.54, 1.807) is 17.5 Å². The highest BCUT2D eigenvalue weighted by molar-refractivity contribution is 7.09. The molecule has 0 radical (unpaired) electrons. The molecule has 0 saturated heterocycles. The normalized spacial score (nSPS) is 13.6. The highest BCUT2D eigenvalue weighted by Gasteiger charge is 2.27. The first-order valence-electron chi connectivity index (χ1n) is 7.51. The monoisotopic (exact) mass is 317 g/mol. The van der Waals surface area contributed by atoms with Crippen molar-refractivity contribution in [3.8, 4) is 0 Å². The summed E-state index contributed by atoms with van der Waals surface area (Å²) in [5.74, 6) is -0.00210. The summed E-state index contributed by atoms with van der Waals surface area (Å²) in [7, 11) is 0. The van der Waals surface area contributed by atoms with Gasteiger partial charge in [0.1, 0.15) is 5.01 Å². The Morgan fingerprint density at radius 1 is 1.41 bits per heavy atom. The quantitative estimate of drug-likeness (QED) is 0.825. The SMILES string of the molecule is CC[C@](C)(NCC(=O)NCc1cccc(C)c1)c1nccs1. The summed E-state index contributed by atoms with van der Waals surface area (Å²) in [6, 6.07) is 8.16. The van der Waals surface area contributed by atoms with Crippen molar-refractivity contribution in [3.05, 3.63) is 52.0 Å². The van der Waals surface area contributed by atoms with Gasteiger partial charge < -0.3 is 5.32 Å². The van der Waals surface area contributed by atoms with E-state index in [9.17, 15) is 4.79 Å². The van der Waals surface area contributed by atoms with Gasteiger partial charge in [-0.3, -0.25) is 10.1 Å². The molecule has 5 heteroatoms. The third kappa shape index (κ3) is 4.39. The summed E-state index contributed by atoms with van der Waals surface area (Å²) >= 11 is 1.61. The fourth-order valence-electron chi connectivity index (χ4n) is 2.21. The third-order valence-electron chi connectivity index (χ3n) is 3.82. The topological polar surface area (TPSA) is 54.0 Å². The number of aryl methyl sites for hydroxylation is 1. The van der Waals surface area contributed by atoms with Gasteiger partial charge in [0.25, 0.3) is 0 Å². The van der Waals surface area contributed by atoms with Gasteiger partial charge in [-0.25, -0.2) is 4.98 Å². The molecule has 0 aliphatic heterocycles. The lowest BCUT2D eigenvalue weighted by Gasteiger charge is -2.27. The van der Waals surface area contributed by atoms with E-state index in [2.05, 4.69) is 35.5 Å². The first kappa shape index (κ1) is 16.6. The molecule has 1 atom stereocenters. The summed E-state index contributed by atoms with van der Waals surface area (Å²) in [5, 5.41) is 9.26. The Bertz CT molecular complexity index is 612. The van der Waals surface area contributed by atoms with Crippen LogP contribution in [0, 0.1) is 6.92 Å². The van der Waals surface area contributed by atoms with Gasteiger partial charge in [0.05, 0.1) is 12.1 Å². The van der Waals surface area contributed by atoms with Gasteiger partial charge in [0.15, 0.2) is 0 Å². The van der Waals surface area contributed by atoms with E-state index >= 15 is 0 Å². The van der Waals surface area contributed by atoms with E-state index < -0.39 is 0 Å². The fraction of sp³-hybridized carbons (Fsp3) is 0.412. The predicted molar refractivity (Wildman–Crippen MR) is 90.8 cm³/mol. The van der Waals surface area contributed by atoms with Crippen LogP contribution < -0.4 is 10.6 Å². The van der Waals surface area contributed by atoms with E-state index in [1.807, 2.05) is 30.5 Å². The van der Waals surface area contributed by atoms with Crippen molar-refractivity contribution >= 4 is 17.2 Å². The van der Waals surface area contributed by atoms with E-state index in [0.29, 0.717) is 6.54 Å². The van der Waals surface area contributed by atoms with Gasteiger partial charge in [-0.15, -0.1) is 11.3 Å². The number of aromatic nitrogens is 1. The van der Waals surface area contributed by atoms with Gasteiger partial charge in [-0.1, -0.05) is 36.8 Å². The van der Waals surface area contributed by atoms with E-state index in [-0.39, 0.29) is 18.0 Å². The van der Waals surface area contributed by atoms with E-state index in [4.69, 9.17) is 0 Å². The van der Waals surface area contributed by atoms with Crippen molar-refractivity contribution in [1.29, 1.82) is 0 Å². The number of nitrogens with one attached hydrogen (secondary N) is 2. The van der Waals surface area contributed by atoms with Crippen LogP contribution in [-0.4, -0.2) is 17.4 Å². The Labute approximate surface area is 136 Å². The predicted octanol–water partition coefficient (Wildman–Crippen LogP) is 2.98. The first-order chi connectivity index (χ1) is 10.5. The molecule has 4 nitrogen and oxygen atoms in total. The minimum Gasteiger partial charge on any atom is -0.351 e. The molecule has 2 rings (SSSR count). The Morgan fingerprint density at radius 2 is 2.23 bits per heavy atom. The number of hydrogen-bond donors (Lipinski definition) is 2. The number of amides is 1. The number of carbonyl (C=O) groups excluding carboxylic acids is 1. The molecule has 0 saturated carbocycles. The van der Waals surface area contributed by atoms with Crippen molar-refractivity contribution in [2.45, 2.75) is 39.3 Å². The van der Waals surface area contributed by atoms with E-state index in [1.165, 1.54) is 5.56 Å². The van der Waals surface area contributed by atoms with Crippen LogP contribution in [0.3, 0.4) is 0 Å². The molecule has 0 spiro atoms. The largest absolute Gasteiger partial charge is 0.351 e. The van der Waals surface area contributed by atoms with Gasteiger partial charge in [0.2, 0.25) is 5.91 Å². The second-order valence-corrected chi connectivity index (χ2v) is 6.54. The minimum atomic E-state index is -0.255. The van der Waals surface area contributed by atoms with E-state index in [0.717, 1.165) is 17.0 Å². The second-order valence-electron chi connectivity index (χ2n) is 5.64. The molecule has 1 heterocycles. The van der Waals surface area contributed by atoms with Crippen molar-refractivity contribution in [2.24, 2.45) is 0 Å². The van der Waals surface area contributed by atoms with Crippen molar-refractivity contribution in [2.75, 3.05) is 6.54 Å². The van der Waals surface area contributed by atoms with Crippen molar-refractivity contribution < 1.29 is 4.79 Å². The Kier molecular flexibility index (Phi) is 5.69. The lowest BCUT2D eigenvalue weighted by atomic mass is 10.00. The maximum absolute atomic E-state index is 12.0. The number of thiazole rings is 1. The van der Waals surface area contributed by atoms with Crippen LogP contribution in [0.25, 0.3) is 0 Å². The summed E-state index contributed by atoms with van der Waals surface area (Å²) in [6.45, 7) is 7.07.